The van der Waals surface area contributed by atoms with Crippen LogP contribution in [-0.4, -0.2) is 30.9 Å². The standard InChI is InChI=1S/C13H18ClFN2O/c1-13(2,7-16)8-17(3)12(18)11-9(14)5-4-6-10(11)15/h4-6H,7-8,16H2,1-3H3. The van der Waals surface area contributed by atoms with Crippen molar-refractivity contribution in [3.63, 3.8) is 0 Å². The van der Waals surface area contributed by atoms with Crippen LogP contribution in [0, 0.1) is 11.2 Å². The first-order valence-electron chi connectivity index (χ1n) is 5.68. The van der Waals surface area contributed by atoms with Crippen molar-refractivity contribution in [2.45, 2.75) is 13.8 Å². The van der Waals surface area contributed by atoms with Crippen LogP contribution in [0.3, 0.4) is 0 Å². The van der Waals surface area contributed by atoms with E-state index in [9.17, 15) is 9.18 Å². The van der Waals surface area contributed by atoms with E-state index in [-0.39, 0.29) is 16.0 Å². The van der Waals surface area contributed by atoms with E-state index in [1.807, 2.05) is 13.8 Å². The first-order valence-corrected chi connectivity index (χ1v) is 6.06. The van der Waals surface area contributed by atoms with Crippen LogP contribution in [0.4, 0.5) is 4.39 Å². The van der Waals surface area contributed by atoms with Gasteiger partial charge in [0.25, 0.3) is 5.91 Å². The van der Waals surface area contributed by atoms with Crippen molar-refractivity contribution in [3.8, 4) is 0 Å². The summed E-state index contributed by atoms with van der Waals surface area (Å²) in [5, 5.41) is 0.123. The fraction of sp³-hybridized carbons (Fsp3) is 0.462. The van der Waals surface area contributed by atoms with E-state index in [4.69, 9.17) is 17.3 Å². The van der Waals surface area contributed by atoms with Crippen molar-refractivity contribution in [1.82, 2.24) is 4.90 Å². The first-order chi connectivity index (χ1) is 8.28. The Labute approximate surface area is 112 Å². The molecule has 0 aromatic heterocycles. The number of nitrogens with zero attached hydrogens (tertiary/aromatic N) is 1. The molecule has 1 aromatic rings. The fourth-order valence-electron chi connectivity index (χ4n) is 1.67. The van der Waals surface area contributed by atoms with Crippen molar-refractivity contribution >= 4 is 17.5 Å². The lowest BCUT2D eigenvalue weighted by atomic mass is 9.93. The SMILES string of the molecule is CN(CC(C)(C)CN)C(=O)c1c(F)cccc1Cl. The maximum Gasteiger partial charge on any atom is 0.258 e. The van der Waals surface area contributed by atoms with Crippen molar-refractivity contribution in [2.75, 3.05) is 20.1 Å². The van der Waals surface area contributed by atoms with Crippen LogP contribution in [0.25, 0.3) is 0 Å². The summed E-state index contributed by atoms with van der Waals surface area (Å²) < 4.78 is 13.6. The second kappa shape index (κ2) is 5.67. The number of amides is 1. The summed E-state index contributed by atoms with van der Waals surface area (Å²) in [6.45, 7) is 4.77. The van der Waals surface area contributed by atoms with Gasteiger partial charge in [-0.2, -0.15) is 0 Å². The number of rotatable bonds is 4. The smallest absolute Gasteiger partial charge is 0.258 e. The molecule has 2 N–H and O–H groups in total. The number of halogens is 2. The zero-order chi connectivity index (χ0) is 13.9. The van der Waals surface area contributed by atoms with Crippen LogP contribution < -0.4 is 5.73 Å². The van der Waals surface area contributed by atoms with E-state index in [0.29, 0.717) is 13.1 Å². The van der Waals surface area contributed by atoms with Gasteiger partial charge >= 0.3 is 0 Å². The van der Waals surface area contributed by atoms with Gasteiger partial charge in [0, 0.05) is 13.6 Å². The predicted octanol–water partition coefficient (Wildman–Crippen LogP) is 2.54. The summed E-state index contributed by atoms with van der Waals surface area (Å²) >= 11 is 5.86. The van der Waals surface area contributed by atoms with Gasteiger partial charge in [0.1, 0.15) is 5.82 Å². The topological polar surface area (TPSA) is 46.3 Å². The van der Waals surface area contributed by atoms with Crippen LogP contribution in [0.1, 0.15) is 24.2 Å². The first kappa shape index (κ1) is 14.9. The molecule has 0 atom stereocenters. The van der Waals surface area contributed by atoms with E-state index in [0.717, 1.165) is 0 Å². The maximum atomic E-state index is 13.6. The third kappa shape index (κ3) is 3.43. The van der Waals surface area contributed by atoms with Crippen LogP contribution in [0.5, 0.6) is 0 Å². The molecule has 0 spiro atoms. The largest absolute Gasteiger partial charge is 0.341 e. The van der Waals surface area contributed by atoms with E-state index in [1.54, 1.807) is 7.05 Å². The van der Waals surface area contributed by atoms with Gasteiger partial charge < -0.3 is 10.6 Å². The molecule has 0 aliphatic rings. The lowest BCUT2D eigenvalue weighted by molar-refractivity contribution is 0.0736. The summed E-state index contributed by atoms with van der Waals surface area (Å²) in [5.74, 6) is -1.04. The van der Waals surface area contributed by atoms with Crippen molar-refractivity contribution in [3.05, 3.63) is 34.6 Å². The monoisotopic (exact) mass is 272 g/mol. The van der Waals surface area contributed by atoms with E-state index in [2.05, 4.69) is 0 Å². The van der Waals surface area contributed by atoms with Gasteiger partial charge in [0.2, 0.25) is 0 Å². The summed E-state index contributed by atoms with van der Waals surface area (Å²) in [7, 11) is 1.61. The number of hydrogen-bond acceptors (Lipinski definition) is 2. The van der Waals surface area contributed by atoms with Gasteiger partial charge in [0.05, 0.1) is 10.6 Å². The van der Waals surface area contributed by atoms with Crippen molar-refractivity contribution < 1.29 is 9.18 Å². The molecule has 1 rings (SSSR count). The number of benzene rings is 1. The molecular weight excluding hydrogens is 255 g/mol. The molecule has 0 aliphatic heterocycles. The quantitative estimate of drug-likeness (QED) is 0.916. The minimum Gasteiger partial charge on any atom is -0.341 e. The average Bonchev–Trinajstić information content (AvgIpc) is 2.28. The molecule has 0 bridgehead atoms. The summed E-state index contributed by atoms with van der Waals surface area (Å²) in [5.41, 5.74) is 5.31. The third-order valence-corrected chi connectivity index (χ3v) is 3.06. The van der Waals surface area contributed by atoms with Crippen LogP contribution in [0.2, 0.25) is 5.02 Å². The van der Waals surface area contributed by atoms with Gasteiger partial charge in [-0.25, -0.2) is 4.39 Å². The lowest BCUT2D eigenvalue weighted by Crippen LogP contribution is -2.40. The molecule has 0 aliphatic carbocycles. The fourth-order valence-corrected chi connectivity index (χ4v) is 1.92. The number of carbonyl (C=O) groups excluding carboxylic acids is 1. The Bertz CT molecular complexity index is 428. The molecule has 100 valence electrons. The highest BCUT2D eigenvalue weighted by Gasteiger charge is 2.24. The van der Waals surface area contributed by atoms with Gasteiger partial charge in [-0.15, -0.1) is 0 Å². The van der Waals surface area contributed by atoms with Crippen LogP contribution in [0.15, 0.2) is 18.2 Å². The van der Waals surface area contributed by atoms with Crippen molar-refractivity contribution in [2.24, 2.45) is 11.1 Å². The van der Waals surface area contributed by atoms with E-state index < -0.39 is 11.7 Å². The highest BCUT2D eigenvalue weighted by atomic mass is 35.5. The Morgan fingerprint density at radius 3 is 2.61 bits per heavy atom. The van der Waals surface area contributed by atoms with E-state index >= 15 is 0 Å². The zero-order valence-corrected chi connectivity index (χ0v) is 11.6. The second-order valence-corrected chi connectivity index (χ2v) is 5.53. The Morgan fingerprint density at radius 1 is 1.50 bits per heavy atom. The van der Waals surface area contributed by atoms with Gasteiger partial charge in [-0.3, -0.25) is 4.79 Å². The second-order valence-electron chi connectivity index (χ2n) is 5.13. The predicted molar refractivity (Wildman–Crippen MR) is 71.2 cm³/mol. The number of hydrogen-bond donors (Lipinski definition) is 1. The highest BCUT2D eigenvalue weighted by molar-refractivity contribution is 6.33. The molecule has 3 nitrogen and oxygen atoms in total. The third-order valence-electron chi connectivity index (χ3n) is 2.74. The molecule has 1 aromatic carbocycles. The Kier molecular flexibility index (Phi) is 4.71. The molecule has 5 heteroatoms. The molecule has 18 heavy (non-hydrogen) atoms. The molecule has 0 unspecified atom stereocenters. The summed E-state index contributed by atoms with van der Waals surface area (Å²) in [6, 6.07) is 4.19. The van der Waals surface area contributed by atoms with Gasteiger partial charge in [0.15, 0.2) is 0 Å². The minimum atomic E-state index is -0.607. The zero-order valence-electron chi connectivity index (χ0n) is 10.8. The van der Waals surface area contributed by atoms with Crippen molar-refractivity contribution in [1.29, 1.82) is 0 Å². The molecule has 0 fully saturated rings. The Morgan fingerprint density at radius 2 is 2.11 bits per heavy atom. The highest BCUT2D eigenvalue weighted by Crippen LogP contribution is 2.22. The maximum absolute atomic E-state index is 13.6. The Hall–Kier alpha value is -1.13. The molecule has 1 amide bonds. The van der Waals surface area contributed by atoms with E-state index in [1.165, 1.54) is 23.1 Å². The number of nitrogens with two attached hydrogens (primary N) is 1. The normalized spacial score (nSPS) is 11.4. The molecule has 0 saturated carbocycles. The lowest BCUT2D eigenvalue weighted by Gasteiger charge is -2.29. The molecule has 0 saturated heterocycles. The minimum absolute atomic E-state index is 0.0884. The molecule has 0 radical (unpaired) electrons. The Balaban J connectivity index is 2.94. The van der Waals surface area contributed by atoms with Gasteiger partial charge in [-0.05, 0) is 24.1 Å². The van der Waals surface area contributed by atoms with Crippen LogP contribution in [-0.2, 0) is 0 Å². The average molecular weight is 273 g/mol. The molecular formula is C13H18ClFN2O. The summed E-state index contributed by atoms with van der Waals surface area (Å²) in [4.78, 5) is 13.6. The van der Waals surface area contributed by atoms with Gasteiger partial charge in [-0.1, -0.05) is 31.5 Å². The molecule has 0 heterocycles. The van der Waals surface area contributed by atoms with Crippen LogP contribution >= 0.6 is 11.6 Å². The number of carbonyl (C=O) groups is 1. The summed E-state index contributed by atoms with van der Waals surface area (Å²) in [6.07, 6.45) is 0.